The number of rotatable bonds is 6. The molecule has 0 saturated carbocycles. The second kappa shape index (κ2) is 7.96. The molecule has 0 radical (unpaired) electrons. The number of nitriles is 2. The summed E-state index contributed by atoms with van der Waals surface area (Å²) in [6.45, 7) is 3.38. The van der Waals surface area contributed by atoms with Crippen LogP contribution in [0.5, 0.6) is 5.75 Å². The molecule has 1 aliphatic rings. The lowest BCUT2D eigenvalue weighted by Gasteiger charge is -2.15. The third-order valence-electron chi connectivity index (χ3n) is 3.30. The maximum atomic E-state index is 13.9. The average Bonchev–Trinajstić information content (AvgIpc) is 3.03. The predicted molar refractivity (Wildman–Crippen MR) is 79.9 cm³/mol. The molecule has 1 aliphatic heterocycles. The van der Waals surface area contributed by atoms with Gasteiger partial charge in [0.05, 0.1) is 5.69 Å². The standard InChI is InChI=1S/C15H16FN5O/c16-14-9-12(19-20-13(10-17)11-18)3-4-15(14)22-8-7-21-5-1-2-6-21/h3-4,9,19H,1-2,5-8H2. The van der Waals surface area contributed by atoms with Gasteiger partial charge in [0.2, 0.25) is 5.71 Å². The van der Waals surface area contributed by atoms with Gasteiger partial charge < -0.3 is 4.74 Å². The summed E-state index contributed by atoms with van der Waals surface area (Å²) in [5.41, 5.74) is 2.47. The van der Waals surface area contributed by atoms with E-state index in [4.69, 9.17) is 15.3 Å². The second-order valence-corrected chi connectivity index (χ2v) is 4.84. The minimum atomic E-state index is -0.517. The van der Waals surface area contributed by atoms with Crippen molar-refractivity contribution < 1.29 is 9.13 Å². The zero-order valence-corrected chi connectivity index (χ0v) is 12.0. The fraction of sp³-hybridized carbons (Fsp3) is 0.400. The number of benzene rings is 1. The summed E-state index contributed by atoms with van der Waals surface area (Å²) in [5.74, 6) is -0.341. The Labute approximate surface area is 128 Å². The molecule has 0 amide bonds. The van der Waals surface area contributed by atoms with E-state index in [9.17, 15) is 4.39 Å². The highest BCUT2D eigenvalue weighted by Crippen LogP contribution is 2.21. The molecule has 1 aromatic carbocycles. The number of likely N-dealkylation sites (tertiary alicyclic amines) is 1. The minimum absolute atomic E-state index is 0.175. The van der Waals surface area contributed by atoms with Gasteiger partial charge in [-0.15, -0.1) is 0 Å². The van der Waals surface area contributed by atoms with Gasteiger partial charge >= 0.3 is 0 Å². The van der Waals surface area contributed by atoms with Gasteiger partial charge in [-0.25, -0.2) is 4.39 Å². The summed E-state index contributed by atoms with van der Waals surface area (Å²) in [7, 11) is 0. The fourth-order valence-electron chi connectivity index (χ4n) is 2.17. The van der Waals surface area contributed by atoms with E-state index in [-0.39, 0.29) is 11.5 Å². The van der Waals surface area contributed by atoms with Crippen LogP contribution in [0.3, 0.4) is 0 Å². The van der Waals surface area contributed by atoms with Crippen molar-refractivity contribution >= 4 is 11.4 Å². The molecular weight excluding hydrogens is 285 g/mol. The maximum absolute atomic E-state index is 13.9. The normalized spacial score (nSPS) is 14.0. The lowest BCUT2D eigenvalue weighted by molar-refractivity contribution is 0.231. The van der Waals surface area contributed by atoms with Gasteiger partial charge in [0.1, 0.15) is 18.7 Å². The highest BCUT2D eigenvalue weighted by atomic mass is 19.1. The highest BCUT2D eigenvalue weighted by molar-refractivity contribution is 6.10. The molecule has 0 spiro atoms. The Bertz CT molecular complexity index is 610. The molecule has 114 valence electrons. The van der Waals surface area contributed by atoms with Crippen LogP contribution in [-0.4, -0.2) is 36.9 Å². The Morgan fingerprint density at radius 1 is 1.32 bits per heavy atom. The van der Waals surface area contributed by atoms with Crippen molar-refractivity contribution in [3.8, 4) is 17.9 Å². The van der Waals surface area contributed by atoms with Crippen LogP contribution in [0.2, 0.25) is 0 Å². The Morgan fingerprint density at radius 2 is 2.05 bits per heavy atom. The van der Waals surface area contributed by atoms with E-state index in [1.165, 1.54) is 25.0 Å². The molecule has 1 aromatic rings. The molecule has 0 atom stereocenters. The van der Waals surface area contributed by atoms with Gasteiger partial charge in [-0.05, 0) is 38.1 Å². The Hall–Kier alpha value is -2.64. The Kier molecular flexibility index (Phi) is 5.70. The van der Waals surface area contributed by atoms with Crippen molar-refractivity contribution in [2.45, 2.75) is 12.8 Å². The summed E-state index contributed by atoms with van der Waals surface area (Å²) in [4.78, 5) is 2.29. The van der Waals surface area contributed by atoms with E-state index in [0.717, 1.165) is 19.6 Å². The Balaban J connectivity index is 1.88. The smallest absolute Gasteiger partial charge is 0.237 e. The summed E-state index contributed by atoms with van der Waals surface area (Å²) in [6.07, 6.45) is 2.42. The first-order valence-electron chi connectivity index (χ1n) is 7.01. The van der Waals surface area contributed by atoms with Crippen molar-refractivity contribution in [1.82, 2.24) is 4.90 Å². The zero-order chi connectivity index (χ0) is 15.8. The van der Waals surface area contributed by atoms with E-state index in [0.29, 0.717) is 12.3 Å². The van der Waals surface area contributed by atoms with Gasteiger partial charge in [0, 0.05) is 12.6 Å². The van der Waals surface area contributed by atoms with Crippen molar-refractivity contribution in [2.75, 3.05) is 31.7 Å². The fourth-order valence-corrected chi connectivity index (χ4v) is 2.17. The minimum Gasteiger partial charge on any atom is -0.489 e. The summed E-state index contributed by atoms with van der Waals surface area (Å²) in [5, 5.41) is 20.6. The quantitative estimate of drug-likeness (QED) is 0.642. The van der Waals surface area contributed by atoms with Crippen LogP contribution in [0.4, 0.5) is 10.1 Å². The van der Waals surface area contributed by atoms with E-state index in [2.05, 4.69) is 15.4 Å². The molecule has 0 aromatic heterocycles. The van der Waals surface area contributed by atoms with Crippen LogP contribution in [0.1, 0.15) is 12.8 Å². The number of nitrogens with one attached hydrogen (secondary N) is 1. The van der Waals surface area contributed by atoms with Crippen LogP contribution in [0, 0.1) is 28.5 Å². The van der Waals surface area contributed by atoms with Gasteiger partial charge in [0.25, 0.3) is 0 Å². The molecule has 7 heteroatoms. The molecular formula is C15H16FN5O. The molecule has 1 saturated heterocycles. The first kappa shape index (κ1) is 15.7. The van der Waals surface area contributed by atoms with E-state index in [1.54, 1.807) is 18.2 Å². The topological polar surface area (TPSA) is 84.4 Å². The average molecular weight is 301 g/mol. The van der Waals surface area contributed by atoms with E-state index in [1.807, 2.05) is 0 Å². The molecule has 2 rings (SSSR count). The predicted octanol–water partition coefficient (Wildman–Crippen LogP) is 2.12. The molecule has 0 unspecified atom stereocenters. The highest BCUT2D eigenvalue weighted by Gasteiger charge is 2.11. The summed E-state index contributed by atoms with van der Waals surface area (Å²) in [6, 6.07) is 7.49. The Morgan fingerprint density at radius 3 is 2.68 bits per heavy atom. The van der Waals surface area contributed by atoms with Crippen LogP contribution in [0.15, 0.2) is 23.3 Å². The first-order chi connectivity index (χ1) is 10.7. The molecule has 1 fully saturated rings. The second-order valence-electron chi connectivity index (χ2n) is 4.84. The monoisotopic (exact) mass is 301 g/mol. The van der Waals surface area contributed by atoms with Crippen molar-refractivity contribution in [3.63, 3.8) is 0 Å². The van der Waals surface area contributed by atoms with Gasteiger partial charge in [0.15, 0.2) is 11.6 Å². The van der Waals surface area contributed by atoms with E-state index < -0.39 is 5.82 Å². The van der Waals surface area contributed by atoms with Gasteiger partial charge in [-0.1, -0.05) is 0 Å². The lowest BCUT2D eigenvalue weighted by atomic mass is 10.3. The first-order valence-corrected chi connectivity index (χ1v) is 7.01. The SMILES string of the molecule is N#CC(C#N)=NNc1ccc(OCCN2CCCC2)c(F)c1. The molecule has 6 nitrogen and oxygen atoms in total. The molecule has 1 N–H and O–H groups in total. The number of hydrogen-bond acceptors (Lipinski definition) is 6. The summed E-state index contributed by atoms with van der Waals surface area (Å²) >= 11 is 0. The largest absolute Gasteiger partial charge is 0.489 e. The summed E-state index contributed by atoms with van der Waals surface area (Å²) < 4.78 is 19.3. The molecule has 22 heavy (non-hydrogen) atoms. The number of anilines is 1. The van der Waals surface area contributed by atoms with Crippen molar-refractivity contribution in [1.29, 1.82) is 10.5 Å². The van der Waals surface area contributed by atoms with Crippen LogP contribution < -0.4 is 10.2 Å². The van der Waals surface area contributed by atoms with E-state index >= 15 is 0 Å². The van der Waals surface area contributed by atoms with Crippen LogP contribution in [-0.2, 0) is 0 Å². The maximum Gasteiger partial charge on any atom is 0.237 e. The third-order valence-corrected chi connectivity index (χ3v) is 3.30. The molecule has 0 bridgehead atoms. The number of nitrogens with zero attached hydrogens (tertiary/aromatic N) is 4. The molecule has 1 heterocycles. The van der Waals surface area contributed by atoms with Gasteiger partial charge in [-0.3, -0.25) is 10.3 Å². The van der Waals surface area contributed by atoms with Crippen LogP contribution in [0.25, 0.3) is 0 Å². The molecule has 0 aliphatic carbocycles. The van der Waals surface area contributed by atoms with Crippen LogP contribution >= 0.6 is 0 Å². The zero-order valence-electron chi connectivity index (χ0n) is 12.0. The number of hydrazone groups is 1. The van der Waals surface area contributed by atoms with Crippen molar-refractivity contribution in [3.05, 3.63) is 24.0 Å². The number of ether oxygens (including phenoxy) is 1. The third kappa shape index (κ3) is 4.44. The van der Waals surface area contributed by atoms with Crippen molar-refractivity contribution in [2.24, 2.45) is 5.10 Å². The van der Waals surface area contributed by atoms with Gasteiger partial charge in [-0.2, -0.15) is 15.6 Å². The number of halogens is 1. The lowest BCUT2D eigenvalue weighted by Crippen LogP contribution is -2.25. The number of hydrogen-bond donors (Lipinski definition) is 1.